The number of esters is 1. The molecule has 0 aliphatic carbocycles. The van der Waals surface area contributed by atoms with Crippen LogP contribution in [0.2, 0.25) is 0 Å². The van der Waals surface area contributed by atoms with Crippen LogP contribution in [0.15, 0.2) is 72.9 Å². The first-order valence-electron chi connectivity index (χ1n) is 25.2. The lowest BCUT2D eigenvalue weighted by molar-refractivity contribution is -0.150. The van der Waals surface area contributed by atoms with Crippen LogP contribution < -0.4 is 5.32 Å². The van der Waals surface area contributed by atoms with Gasteiger partial charge in [0.1, 0.15) is 6.10 Å². The molecule has 0 saturated carbocycles. The number of aliphatic hydroxyl groups excluding tert-OH is 2. The number of unbranched alkanes of at least 4 members (excludes halogenated alkanes) is 20. The zero-order valence-electron chi connectivity index (χ0n) is 39.3. The molecular weight excluding hydrogens is 743 g/mol. The maximum Gasteiger partial charge on any atom is 0.306 e. The van der Waals surface area contributed by atoms with E-state index < -0.39 is 18.2 Å². The van der Waals surface area contributed by atoms with Crippen LogP contribution in [0.5, 0.6) is 0 Å². The molecule has 0 fully saturated rings. The highest BCUT2D eigenvalue weighted by molar-refractivity contribution is 5.77. The van der Waals surface area contributed by atoms with Crippen molar-refractivity contribution in [3.05, 3.63) is 72.9 Å². The van der Waals surface area contributed by atoms with Crippen LogP contribution in [0.25, 0.3) is 0 Å². The predicted molar refractivity (Wildman–Crippen MR) is 259 cm³/mol. The Kier molecular flexibility index (Phi) is 45.2. The van der Waals surface area contributed by atoms with Crippen LogP contribution >= 0.6 is 0 Å². The molecule has 0 aromatic carbocycles. The molecule has 3 N–H and O–H groups in total. The summed E-state index contributed by atoms with van der Waals surface area (Å²) in [4.78, 5) is 26.1. The van der Waals surface area contributed by atoms with Gasteiger partial charge in [-0.15, -0.1) is 0 Å². The number of allylic oxidation sites excluding steroid dienone is 12. The molecule has 3 atom stereocenters. The SMILES string of the molecule is CC/C=C/C/C=C/C/C=C/C/C=C/C/C=C/CCC(=O)OC(CCCCCCC/C=C\CCCCCC)CC(=O)NC(CO)C(O)CCCCCCCCCCCCCC. The van der Waals surface area contributed by atoms with Crippen molar-refractivity contribution in [1.29, 1.82) is 0 Å². The average Bonchev–Trinajstić information content (AvgIpc) is 3.24. The second-order valence-corrected chi connectivity index (χ2v) is 16.8. The Hall–Kier alpha value is -2.70. The zero-order chi connectivity index (χ0) is 43.8. The third-order valence-corrected chi connectivity index (χ3v) is 11.0. The van der Waals surface area contributed by atoms with Crippen molar-refractivity contribution in [2.45, 2.75) is 251 Å². The summed E-state index contributed by atoms with van der Waals surface area (Å²) in [7, 11) is 0. The van der Waals surface area contributed by atoms with E-state index in [0.717, 1.165) is 77.0 Å². The summed E-state index contributed by atoms with van der Waals surface area (Å²) in [5, 5.41) is 23.7. The van der Waals surface area contributed by atoms with Gasteiger partial charge in [-0.25, -0.2) is 0 Å². The van der Waals surface area contributed by atoms with Gasteiger partial charge in [0.15, 0.2) is 0 Å². The molecule has 0 aliphatic heterocycles. The number of ether oxygens (including phenoxy) is 1. The van der Waals surface area contributed by atoms with Crippen molar-refractivity contribution >= 4 is 11.9 Å². The van der Waals surface area contributed by atoms with Gasteiger partial charge < -0.3 is 20.3 Å². The Labute approximate surface area is 371 Å². The van der Waals surface area contributed by atoms with Gasteiger partial charge in [0.2, 0.25) is 5.91 Å². The molecule has 60 heavy (non-hydrogen) atoms. The third kappa shape index (κ3) is 42.0. The fourth-order valence-electron chi connectivity index (χ4n) is 7.24. The molecule has 346 valence electrons. The van der Waals surface area contributed by atoms with E-state index in [2.05, 4.69) is 92.9 Å². The molecule has 0 bridgehead atoms. The first-order chi connectivity index (χ1) is 29.5. The Morgan fingerprint density at radius 2 is 0.900 bits per heavy atom. The molecule has 0 rings (SSSR count). The van der Waals surface area contributed by atoms with Crippen molar-refractivity contribution < 1.29 is 24.5 Å². The molecule has 0 saturated heterocycles. The minimum absolute atomic E-state index is 0.0400. The summed E-state index contributed by atoms with van der Waals surface area (Å²) < 4.78 is 5.88. The number of nitrogens with one attached hydrogen (secondary N) is 1. The smallest absolute Gasteiger partial charge is 0.306 e. The Morgan fingerprint density at radius 3 is 1.38 bits per heavy atom. The molecule has 0 heterocycles. The first kappa shape index (κ1) is 57.3. The van der Waals surface area contributed by atoms with Crippen molar-refractivity contribution in [2.75, 3.05) is 6.61 Å². The fraction of sp³-hybridized carbons (Fsp3) is 0.741. The van der Waals surface area contributed by atoms with Crippen molar-refractivity contribution in [2.24, 2.45) is 0 Å². The van der Waals surface area contributed by atoms with Gasteiger partial charge in [-0.2, -0.15) is 0 Å². The van der Waals surface area contributed by atoms with E-state index in [9.17, 15) is 19.8 Å². The highest BCUT2D eigenvalue weighted by Crippen LogP contribution is 2.17. The third-order valence-electron chi connectivity index (χ3n) is 11.0. The summed E-state index contributed by atoms with van der Waals surface area (Å²) in [5.41, 5.74) is 0. The van der Waals surface area contributed by atoms with Crippen LogP contribution in [0.1, 0.15) is 233 Å². The van der Waals surface area contributed by atoms with Crippen molar-refractivity contribution in [1.82, 2.24) is 5.32 Å². The summed E-state index contributed by atoms with van der Waals surface area (Å²) in [6.07, 6.45) is 59.6. The van der Waals surface area contributed by atoms with E-state index in [-0.39, 0.29) is 31.3 Å². The standard InChI is InChI=1S/C54H95NO5/c1-4-7-10-13-16-19-22-25-26-27-29-32-35-38-41-44-47-54(59)60-50(45-42-39-36-33-30-28-23-20-17-14-11-8-5-2)48-53(58)55-51(49-56)52(57)46-43-40-37-34-31-24-21-18-15-12-9-6-3/h7,10,16,19-20,23,25-26,29,32,38,41,50-52,56-57H,4-6,8-9,11-15,17-18,21-22,24,27-28,30-31,33-37,39-40,42-49H2,1-3H3,(H,55,58)/b10-7+,19-16+,23-20-,26-25+,32-29+,41-38+. The van der Waals surface area contributed by atoms with Gasteiger partial charge in [0.25, 0.3) is 0 Å². The molecule has 6 heteroatoms. The number of aliphatic hydroxyl groups is 2. The van der Waals surface area contributed by atoms with Gasteiger partial charge in [0.05, 0.1) is 25.2 Å². The highest BCUT2D eigenvalue weighted by Gasteiger charge is 2.24. The number of hydrogen-bond acceptors (Lipinski definition) is 5. The van der Waals surface area contributed by atoms with Crippen LogP contribution in [-0.2, 0) is 14.3 Å². The quantitative estimate of drug-likeness (QED) is 0.0323. The van der Waals surface area contributed by atoms with Gasteiger partial charge in [0, 0.05) is 6.42 Å². The number of carbonyl (C=O) groups excluding carboxylic acids is 2. The average molecular weight is 838 g/mol. The van der Waals surface area contributed by atoms with Gasteiger partial charge >= 0.3 is 5.97 Å². The molecule has 1 amide bonds. The van der Waals surface area contributed by atoms with E-state index in [0.29, 0.717) is 19.3 Å². The fourth-order valence-corrected chi connectivity index (χ4v) is 7.24. The topological polar surface area (TPSA) is 95.9 Å². The second-order valence-electron chi connectivity index (χ2n) is 16.8. The van der Waals surface area contributed by atoms with Crippen molar-refractivity contribution in [3.63, 3.8) is 0 Å². The normalized spacial score (nSPS) is 13.9. The minimum atomic E-state index is -0.803. The molecule has 0 radical (unpaired) electrons. The summed E-state index contributed by atoms with van der Waals surface area (Å²) in [5.74, 6) is -0.583. The summed E-state index contributed by atoms with van der Waals surface area (Å²) in [6, 6.07) is -0.720. The second kappa shape index (κ2) is 47.4. The zero-order valence-corrected chi connectivity index (χ0v) is 39.3. The lowest BCUT2D eigenvalue weighted by Crippen LogP contribution is -2.46. The van der Waals surface area contributed by atoms with Crippen molar-refractivity contribution in [3.8, 4) is 0 Å². The molecule has 0 aliphatic rings. The van der Waals surface area contributed by atoms with E-state index in [1.807, 2.05) is 6.08 Å². The van der Waals surface area contributed by atoms with Crippen LogP contribution in [0.4, 0.5) is 0 Å². The highest BCUT2D eigenvalue weighted by atomic mass is 16.5. The monoisotopic (exact) mass is 838 g/mol. The van der Waals surface area contributed by atoms with Crippen LogP contribution in [-0.4, -0.2) is 46.9 Å². The van der Waals surface area contributed by atoms with Crippen LogP contribution in [0.3, 0.4) is 0 Å². The van der Waals surface area contributed by atoms with Gasteiger partial charge in [-0.05, 0) is 83.5 Å². The molecular formula is C54H95NO5. The molecule has 0 spiro atoms. The first-order valence-corrected chi connectivity index (χ1v) is 25.2. The summed E-state index contributed by atoms with van der Waals surface area (Å²) >= 11 is 0. The number of carbonyl (C=O) groups is 2. The maximum absolute atomic E-state index is 13.2. The molecule has 0 aromatic heterocycles. The van der Waals surface area contributed by atoms with Crippen LogP contribution in [0, 0.1) is 0 Å². The summed E-state index contributed by atoms with van der Waals surface area (Å²) in [6.45, 7) is 6.33. The van der Waals surface area contributed by atoms with E-state index in [4.69, 9.17) is 4.74 Å². The van der Waals surface area contributed by atoms with E-state index in [1.54, 1.807) is 0 Å². The molecule has 0 aromatic rings. The number of rotatable bonds is 44. The Balaban J connectivity index is 4.71. The minimum Gasteiger partial charge on any atom is -0.462 e. The maximum atomic E-state index is 13.2. The van der Waals surface area contributed by atoms with E-state index in [1.165, 1.54) is 103 Å². The number of amides is 1. The lowest BCUT2D eigenvalue weighted by Gasteiger charge is -2.24. The van der Waals surface area contributed by atoms with Gasteiger partial charge in [-0.1, -0.05) is 209 Å². The van der Waals surface area contributed by atoms with E-state index >= 15 is 0 Å². The lowest BCUT2D eigenvalue weighted by atomic mass is 10.0. The van der Waals surface area contributed by atoms with Gasteiger partial charge in [-0.3, -0.25) is 9.59 Å². The predicted octanol–water partition coefficient (Wildman–Crippen LogP) is 15.0. The largest absolute Gasteiger partial charge is 0.462 e. The number of hydrogen-bond donors (Lipinski definition) is 3. The molecule has 6 nitrogen and oxygen atoms in total. The Bertz CT molecular complexity index is 1120. The Morgan fingerprint density at radius 1 is 0.500 bits per heavy atom. The molecule has 3 unspecified atom stereocenters.